The molecular weight excluding hydrogens is 335 g/mol. The largest absolute Gasteiger partial charge is 0.447 e. The molecule has 2 atom stereocenters. The Balaban J connectivity index is 1.77. The lowest BCUT2D eigenvalue weighted by atomic mass is 10.0. The predicted molar refractivity (Wildman–Crippen MR) is 97.5 cm³/mol. The summed E-state index contributed by atoms with van der Waals surface area (Å²) in [5, 5.41) is 3.19. The summed E-state index contributed by atoms with van der Waals surface area (Å²) in [5.74, 6) is 1.09. The van der Waals surface area contributed by atoms with Crippen LogP contribution in [0.15, 0.2) is 36.5 Å². The summed E-state index contributed by atoms with van der Waals surface area (Å²) >= 11 is 0. The van der Waals surface area contributed by atoms with Crippen LogP contribution >= 0.6 is 0 Å². The van der Waals surface area contributed by atoms with Crippen LogP contribution in [0.4, 0.5) is 21.0 Å². The number of benzene rings is 1. The fourth-order valence-electron chi connectivity index (χ4n) is 3.04. The summed E-state index contributed by atoms with van der Waals surface area (Å²) in [5.41, 5.74) is 0.915. The van der Waals surface area contributed by atoms with Crippen molar-refractivity contribution in [2.24, 2.45) is 5.92 Å². The third-order valence-electron chi connectivity index (χ3n) is 4.31. The average molecular weight is 358 g/mol. The lowest BCUT2D eigenvalue weighted by Crippen LogP contribution is -2.35. The Morgan fingerprint density at radius 3 is 2.69 bits per heavy atom. The molecule has 0 spiro atoms. The molecular formula is C19H23FN4O2. The first kappa shape index (κ1) is 18.1. The van der Waals surface area contributed by atoms with Crippen molar-refractivity contribution in [2.75, 3.05) is 16.8 Å². The van der Waals surface area contributed by atoms with Gasteiger partial charge in [-0.2, -0.15) is 4.98 Å². The van der Waals surface area contributed by atoms with Gasteiger partial charge in [-0.3, -0.25) is 4.90 Å². The fraction of sp³-hybridized carbons (Fsp3) is 0.421. The molecule has 3 rings (SSSR count). The molecule has 26 heavy (non-hydrogen) atoms. The van der Waals surface area contributed by atoms with Crippen molar-refractivity contribution in [3.63, 3.8) is 0 Å². The number of hydrogen-bond donors (Lipinski definition) is 1. The summed E-state index contributed by atoms with van der Waals surface area (Å²) < 4.78 is 18.3. The number of carbonyl (C=O) groups is 1. The maximum Gasteiger partial charge on any atom is 0.415 e. The quantitative estimate of drug-likeness (QED) is 0.840. The number of carbonyl (C=O) groups excluding carboxylic acids is 1. The fourth-order valence-corrected chi connectivity index (χ4v) is 3.04. The van der Waals surface area contributed by atoms with Crippen LogP contribution in [-0.2, 0) is 4.74 Å². The molecule has 0 bridgehead atoms. The van der Waals surface area contributed by atoms with E-state index in [0.717, 1.165) is 12.0 Å². The van der Waals surface area contributed by atoms with Crippen molar-refractivity contribution in [3.05, 3.63) is 47.9 Å². The van der Waals surface area contributed by atoms with Gasteiger partial charge < -0.3 is 10.1 Å². The number of aromatic nitrogens is 2. The van der Waals surface area contributed by atoms with Gasteiger partial charge in [0.25, 0.3) is 0 Å². The normalized spacial score (nSPS) is 18.1. The Hall–Kier alpha value is -2.70. The van der Waals surface area contributed by atoms with E-state index in [1.807, 2.05) is 6.92 Å². The molecule has 2 unspecified atom stereocenters. The highest BCUT2D eigenvalue weighted by atomic mass is 19.1. The molecule has 2 aromatic rings. The van der Waals surface area contributed by atoms with Crippen molar-refractivity contribution < 1.29 is 13.9 Å². The first-order valence-electron chi connectivity index (χ1n) is 8.75. The van der Waals surface area contributed by atoms with Crippen molar-refractivity contribution in [1.29, 1.82) is 0 Å². The summed E-state index contributed by atoms with van der Waals surface area (Å²) in [6.07, 6.45) is 2.07. The average Bonchev–Trinajstić information content (AvgIpc) is 2.95. The van der Waals surface area contributed by atoms with Gasteiger partial charge in [0.15, 0.2) is 0 Å². The molecule has 6 nitrogen and oxygen atoms in total. The van der Waals surface area contributed by atoms with Gasteiger partial charge in [-0.05, 0) is 43.0 Å². The van der Waals surface area contributed by atoms with Gasteiger partial charge in [-0.1, -0.05) is 26.0 Å². The van der Waals surface area contributed by atoms with Crippen molar-refractivity contribution in [2.45, 2.75) is 39.3 Å². The van der Waals surface area contributed by atoms with Crippen LogP contribution in [-0.4, -0.2) is 28.7 Å². The summed E-state index contributed by atoms with van der Waals surface area (Å²) in [4.78, 5) is 22.4. The van der Waals surface area contributed by atoms with Gasteiger partial charge in [0, 0.05) is 6.20 Å². The second-order valence-electron chi connectivity index (χ2n) is 6.89. The van der Waals surface area contributed by atoms with E-state index in [4.69, 9.17) is 4.74 Å². The Kier molecular flexibility index (Phi) is 5.35. The van der Waals surface area contributed by atoms with Gasteiger partial charge in [-0.15, -0.1) is 0 Å². The molecule has 0 aliphatic carbocycles. The van der Waals surface area contributed by atoms with Crippen LogP contribution in [0.25, 0.3) is 0 Å². The number of halogens is 1. The summed E-state index contributed by atoms with van der Waals surface area (Å²) in [6, 6.07) is 7.83. The van der Waals surface area contributed by atoms with E-state index in [9.17, 15) is 9.18 Å². The van der Waals surface area contributed by atoms with Gasteiger partial charge in [0.1, 0.15) is 18.2 Å². The van der Waals surface area contributed by atoms with Crippen LogP contribution in [0.2, 0.25) is 0 Å². The molecule has 1 N–H and O–H groups in total. The van der Waals surface area contributed by atoms with Crippen molar-refractivity contribution >= 4 is 17.9 Å². The van der Waals surface area contributed by atoms with E-state index < -0.39 is 0 Å². The number of amides is 1. The second-order valence-corrected chi connectivity index (χ2v) is 6.89. The Bertz CT molecular complexity index is 766. The molecule has 0 radical (unpaired) electrons. The molecule has 1 amide bonds. The van der Waals surface area contributed by atoms with Crippen LogP contribution in [0.1, 0.15) is 38.8 Å². The van der Waals surface area contributed by atoms with Crippen molar-refractivity contribution in [1.82, 2.24) is 9.97 Å². The van der Waals surface area contributed by atoms with Crippen LogP contribution in [0.3, 0.4) is 0 Å². The number of nitrogens with zero attached hydrogens (tertiary/aromatic N) is 3. The van der Waals surface area contributed by atoms with E-state index in [0.29, 0.717) is 24.3 Å². The molecule has 1 aliphatic rings. The molecule has 1 aromatic carbocycles. The molecule has 7 heteroatoms. The minimum absolute atomic E-state index is 0.0280. The molecule has 1 aromatic heterocycles. The zero-order chi connectivity index (χ0) is 18.7. The second kappa shape index (κ2) is 7.68. The zero-order valence-corrected chi connectivity index (χ0v) is 15.1. The van der Waals surface area contributed by atoms with Gasteiger partial charge in [0.2, 0.25) is 5.95 Å². The minimum atomic E-state index is -0.383. The third-order valence-corrected chi connectivity index (χ3v) is 4.31. The third kappa shape index (κ3) is 4.09. The number of cyclic esters (lactones) is 1. The highest BCUT2D eigenvalue weighted by molar-refractivity contribution is 5.89. The number of ether oxygens (including phenoxy) is 1. The Morgan fingerprint density at radius 2 is 2.00 bits per heavy atom. The van der Waals surface area contributed by atoms with Crippen LogP contribution in [0, 0.1) is 11.7 Å². The van der Waals surface area contributed by atoms with Gasteiger partial charge in [-0.25, -0.2) is 14.2 Å². The van der Waals surface area contributed by atoms with E-state index in [1.54, 1.807) is 29.3 Å². The Labute approximate surface area is 152 Å². The lowest BCUT2D eigenvalue weighted by molar-refractivity contribution is 0.178. The van der Waals surface area contributed by atoms with E-state index in [2.05, 4.69) is 29.1 Å². The smallest absolute Gasteiger partial charge is 0.415 e. The minimum Gasteiger partial charge on any atom is -0.447 e. The first-order chi connectivity index (χ1) is 12.4. The maximum atomic E-state index is 13.1. The number of anilines is 2. The lowest BCUT2D eigenvalue weighted by Gasteiger charge is -2.22. The molecule has 1 aliphatic heterocycles. The van der Waals surface area contributed by atoms with Gasteiger partial charge >= 0.3 is 6.09 Å². The van der Waals surface area contributed by atoms with E-state index >= 15 is 0 Å². The first-order valence-corrected chi connectivity index (χ1v) is 8.75. The highest BCUT2D eigenvalue weighted by Gasteiger charge is 2.35. The van der Waals surface area contributed by atoms with Crippen LogP contribution in [0.5, 0.6) is 0 Å². The zero-order valence-electron chi connectivity index (χ0n) is 15.1. The summed E-state index contributed by atoms with van der Waals surface area (Å²) in [7, 11) is 0. The highest BCUT2D eigenvalue weighted by Crippen LogP contribution is 2.26. The van der Waals surface area contributed by atoms with Crippen LogP contribution < -0.4 is 10.2 Å². The number of rotatable bonds is 6. The number of nitrogens with one attached hydrogen (secondary N) is 1. The molecule has 1 saturated heterocycles. The monoisotopic (exact) mass is 358 g/mol. The molecule has 1 fully saturated rings. The van der Waals surface area contributed by atoms with Gasteiger partial charge in [0.05, 0.1) is 12.1 Å². The number of hydrogen-bond acceptors (Lipinski definition) is 5. The molecule has 2 heterocycles. The predicted octanol–water partition coefficient (Wildman–Crippen LogP) is 4.16. The Morgan fingerprint density at radius 1 is 1.27 bits per heavy atom. The van der Waals surface area contributed by atoms with E-state index in [1.165, 1.54) is 12.1 Å². The molecule has 138 valence electrons. The topological polar surface area (TPSA) is 67.3 Å². The standard InChI is InChI=1S/C19H23FN4O2/c1-12(2)10-16-11-26-19(25)24(16)17-8-9-21-18(23-17)22-13(3)14-4-6-15(20)7-5-14/h4-9,12-13,16H,10-11H2,1-3H3,(H,21,22,23). The van der Waals surface area contributed by atoms with Crippen molar-refractivity contribution in [3.8, 4) is 0 Å². The molecule has 0 saturated carbocycles. The summed E-state index contributed by atoms with van der Waals surface area (Å²) in [6.45, 7) is 6.53. The van der Waals surface area contributed by atoms with E-state index in [-0.39, 0.29) is 24.0 Å². The maximum absolute atomic E-state index is 13.1. The SMILES string of the molecule is CC(C)CC1COC(=O)N1c1ccnc(NC(C)c2ccc(F)cc2)n1.